The maximum Gasteiger partial charge on any atom is 0.0754 e. The number of rotatable bonds is 4. The van der Waals surface area contributed by atoms with Gasteiger partial charge in [-0.2, -0.15) is 0 Å². The number of aromatic nitrogens is 1. The summed E-state index contributed by atoms with van der Waals surface area (Å²) in [6.07, 6.45) is 0. The summed E-state index contributed by atoms with van der Waals surface area (Å²) in [5, 5.41) is 5.20. The Bertz CT molecular complexity index is 4920. The fraction of sp³-hybridized carbons (Fsp3) is 0.0526. The van der Waals surface area contributed by atoms with Crippen molar-refractivity contribution in [2.45, 2.75) is 24.7 Å². The first-order valence-electron chi connectivity index (χ1n) is 27.6. The van der Waals surface area contributed by atoms with E-state index in [-0.39, 0.29) is 0 Å². The summed E-state index contributed by atoms with van der Waals surface area (Å²) >= 11 is 1.88. The van der Waals surface area contributed by atoms with E-state index in [1.54, 1.807) is 0 Å². The van der Waals surface area contributed by atoms with Crippen molar-refractivity contribution in [3.8, 4) is 50.2 Å². The Kier molecular flexibility index (Phi) is 8.58. The van der Waals surface area contributed by atoms with Crippen LogP contribution in [0.15, 0.2) is 255 Å². The lowest BCUT2D eigenvalue weighted by atomic mass is 9.65. The molecule has 2 nitrogen and oxygen atoms in total. The van der Waals surface area contributed by atoms with Crippen molar-refractivity contribution in [1.29, 1.82) is 0 Å². The van der Waals surface area contributed by atoms with E-state index < -0.39 is 10.8 Å². The number of aryl methyl sites for hydroxylation is 2. The maximum absolute atomic E-state index is 2.57. The minimum Gasteiger partial charge on any atom is -0.309 e. The molecule has 18 rings (SSSR count). The van der Waals surface area contributed by atoms with Crippen molar-refractivity contribution in [2.24, 2.45) is 0 Å². The average Bonchev–Trinajstić information content (AvgIpc) is 2.48. The molecule has 0 amide bonds. The second kappa shape index (κ2) is 15.6. The van der Waals surface area contributed by atoms with Gasteiger partial charge in [-0.25, -0.2) is 0 Å². The molecule has 14 aromatic rings. The summed E-state index contributed by atoms with van der Waals surface area (Å²) < 4.78 is 5.14. The number of fused-ring (bicyclic) bond motifs is 25. The standard InChI is InChI=1S/C76H48N2S/c1-45-30-38-69-59(40-45)60-41-46(2)42-68-73(60)78(69)70-39-33-48(43-67(70)76(68)63-25-11-5-18-53(63)54-19-6-12-26-64(54)76)47-31-34-49(35-32-47)77(71-28-15-22-57-56-21-8-14-29-72(56)79-74(57)71)50-36-37-66-58(44-50)55-20-7-13-27-65(55)75(66)61-23-9-3-16-51(61)52-17-4-10-24-62(52)75/h3-44H,1-2H3. The molecular weight excluding hydrogens is 973 g/mol. The SMILES string of the molecule is Cc1ccc2c(c1)c1cc(C)cc3c1n2-c1ccc(-c2ccc(N(c4ccc5c(c4)-c4ccccc4C54c5ccccc5-c5ccccc54)c4cccc5c4sc4ccccc45)cc2)cc1C31c2ccccc2-c2ccccc21. The van der Waals surface area contributed by atoms with Gasteiger partial charge in [0.1, 0.15) is 0 Å². The smallest absolute Gasteiger partial charge is 0.0754 e. The number of hydrogen-bond donors (Lipinski definition) is 0. The zero-order valence-corrected chi connectivity index (χ0v) is 44.4. The molecule has 4 aliphatic rings. The van der Waals surface area contributed by atoms with Crippen molar-refractivity contribution in [3.05, 3.63) is 310 Å². The quantitative estimate of drug-likeness (QED) is 0.171. The fourth-order valence-corrected chi connectivity index (χ4v) is 16.7. The van der Waals surface area contributed by atoms with Gasteiger partial charge in [0.15, 0.2) is 0 Å². The van der Waals surface area contributed by atoms with Gasteiger partial charge in [-0.15, -0.1) is 11.3 Å². The summed E-state index contributed by atoms with van der Waals surface area (Å²) in [6, 6.07) is 97.3. The zero-order valence-electron chi connectivity index (χ0n) is 43.6. The van der Waals surface area contributed by atoms with E-state index in [0.717, 1.165) is 11.4 Å². The highest BCUT2D eigenvalue weighted by Crippen LogP contribution is 2.65. The lowest BCUT2D eigenvalue weighted by molar-refractivity contribution is 0.748. The first kappa shape index (κ1) is 43.5. The molecule has 0 saturated heterocycles. The lowest BCUT2D eigenvalue weighted by Crippen LogP contribution is -2.33. The van der Waals surface area contributed by atoms with E-state index in [4.69, 9.17) is 0 Å². The largest absolute Gasteiger partial charge is 0.309 e. The molecule has 368 valence electrons. The molecule has 0 radical (unpaired) electrons. The molecule has 0 saturated carbocycles. The first-order chi connectivity index (χ1) is 39.0. The molecule has 0 atom stereocenters. The minimum absolute atomic E-state index is 0.411. The summed E-state index contributed by atoms with van der Waals surface area (Å²) in [5.41, 5.74) is 29.8. The highest BCUT2D eigenvalue weighted by atomic mass is 32.1. The fourth-order valence-electron chi connectivity index (χ4n) is 15.5. The number of nitrogens with zero attached hydrogens (tertiary/aromatic N) is 2. The minimum atomic E-state index is -0.532. The van der Waals surface area contributed by atoms with Gasteiger partial charge in [0.2, 0.25) is 0 Å². The molecule has 1 aliphatic heterocycles. The van der Waals surface area contributed by atoms with Gasteiger partial charge in [-0.05, 0) is 170 Å². The Balaban J connectivity index is 0.846. The van der Waals surface area contributed by atoms with Crippen LogP contribution >= 0.6 is 11.3 Å². The number of thiophene rings is 1. The molecule has 3 aliphatic carbocycles. The van der Waals surface area contributed by atoms with Crippen LogP contribution in [0.1, 0.15) is 55.6 Å². The molecule has 0 fully saturated rings. The number of hydrogen-bond acceptors (Lipinski definition) is 2. The van der Waals surface area contributed by atoms with E-state index in [0.29, 0.717) is 0 Å². The van der Waals surface area contributed by atoms with Crippen molar-refractivity contribution in [2.75, 3.05) is 4.90 Å². The predicted octanol–water partition coefficient (Wildman–Crippen LogP) is 19.9. The molecule has 0 unspecified atom stereocenters. The summed E-state index contributed by atoms with van der Waals surface area (Å²) in [4.78, 5) is 2.52. The third kappa shape index (κ3) is 5.45. The second-order valence-corrected chi connectivity index (χ2v) is 23.4. The van der Waals surface area contributed by atoms with Crippen molar-refractivity contribution >= 4 is 70.4 Å². The second-order valence-electron chi connectivity index (χ2n) is 22.4. The van der Waals surface area contributed by atoms with Crippen molar-refractivity contribution in [3.63, 3.8) is 0 Å². The third-order valence-electron chi connectivity index (χ3n) is 18.5. The Morgan fingerprint density at radius 3 is 1.53 bits per heavy atom. The highest BCUT2D eigenvalue weighted by molar-refractivity contribution is 7.26. The van der Waals surface area contributed by atoms with Crippen LogP contribution in [0.3, 0.4) is 0 Å². The van der Waals surface area contributed by atoms with Crippen LogP contribution in [0.4, 0.5) is 17.1 Å². The van der Waals surface area contributed by atoms with Crippen LogP contribution in [0.2, 0.25) is 0 Å². The number of benzene rings is 12. The van der Waals surface area contributed by atoms with E-state index in [1.807, 2.05) is 11.3 Å². The summed E-state index contributed by atoms with van der Waals surface area (Å²) in [6.45, 7) is 4.49. The first-order valence-corrected chi connectivity index (χ1v) is 28.5. The van der Waals surface area contributed by atoms with Gasteiger partial charge < -0.3 is 9.47 Å². The van der Waals surface area contributed by atoms with E-state index in [2.05, 4.69) is 278 Å². The van der Waals surface area contributed by atoms with E-state index in [1.165, 1.54) is 153 Å². The average molecular weight is 1020 g/mol. The molecule has 3 heteroatoms. The maximum atomic E-state index is 2.57. The van der Waals surface area contributed by atoms with Crippen LogP contribution in [0.25, 0.3) is 92.2 Å². The van der Waals surface area contributed by atoms with Gasteiger partial charge in [-0.1, -0.05) is 199 Å². The zero-order chi connectivity index (χ0) is 51.9. The van der Waals surface area contributed by atoms with Crippen LogP contribution in [-0.2, 0) is 10.8 Å². The molecular formula is C76H48N2S. The highest BCUT2D eigenvalue weighted by Gasteiger charge is 2.53. The Morgan fingerprint density at radius 2 is 0.873 bits per heavy atom. The van der Waals surface area contributed by atoms with E-state index >= 15 is 0 Å². The van der Waals surface area contributed by atoms with Gasteiger partial charge in [-0.3, -0.25) is 0 Å². The molecule has 2 spiro atoms. The third-order valence-corrected chi connectivity index (χ3v) is 19.7. The van der Waals surface area contributed by atoms with Crippen LogP contribution in [0.5, 0.6) is 0 Å². The Morgan fingerprint density at radius 1 is 0.342 bits per heavy atom. The monoisotopic (exact) mass is 1020 g/mol. The van der Waals surface area contributed by atoms with Gasteiger partial charge in [0.25, 0.3) is 0 Å². The summed E-state index contributed by atoms with van der Waals surface area (Å²) in [7, 11) is 0. The molecule has 0 bridgehead atoms. The van der Waals surface area contributed by atoms with Crippen LogP contribution in [0, 0.1) is 13.8 Å². The van der Waals surface area contributed by atoms with Crippen LogP contribution < -0.4 is 4.90 Å². The van der Waals surface area contributed by atoms with Crippen molar-refractivity contribution in [1.82, 2.24) is 4.57 Å². The van der Waals surface area contributed by atoms with Gasteiger partial charge in [0.05, 0.1) is 37.9 Å². The topological polar surface area (TPSA) is 8.17 Å². The lowest BCUT2D eigenvalue weighted by Gasteiger charge is -2.40. The molecule has 2 aromatic heterocycles. The predicted molar refractivity (Wildman–Crippen MR) is 330 cm³/mol. The van der Waals surface area contributed by atoms with Crippen molar-refractivity contribution < 1.29 is 0 Å². The molecule has 79 heavy (non-hydrogen) atoms. The van der Waals surface area contributed by atoms with Gasteiger partial charge in [0, 0.05) is 37.6 Å². The van der Waals surface area contributed by atoms with Gasteiger partial charge >= 0.3 is 0 Å². The van der Waals surface area contributed by atoms with E-state index in [9.17, 15) is 0 Å². The normalized spacial score (nSPS) is 14.2. The van der Waals surface area contributed by atoms with Crippen LogP contribution in [-0.4, -0.2) is 4.57 Å². The number of anilines is 3. The molecule has 3 heterocycles. The Hall–Kier alpha value is -9.54. The summed E-state index contributed by atoms with van der Waals surface area (Å²) in [5.74, 6) is 0. The molecule has 0 N–H and O–H groups in total. The molecule has 12 aromatic carbocycles. The Labute approximate surface area is 462 Å².